The number of nitrogens with two attached hydrogens (primary N) is 1. The van der Waals surface area contributed by atoms with Crippen molar-refractivity contribution < 1.29 is 4.42 Å². The molecule has 0 fully saturated rings. The van der Waals surface area contributed by atoms with Crippen LogP contribution < -0.4 is 5.73 Å². The number of benzene rings is 1. The van der Waals surface area contributed by atoms with Crippen molar-refractivity contribution in [2.75, 3.05) is 7.05 Å². The zero-order chi connectivity index (χ0) is 14.8. The largest absolute Gasteiger partial charge is 0.459 e. The number of furan rings is 1. The predicted molar refractivity (Wildman–Crippen MR) is 86.1 cm³/mol. The van der Waals surface area contributed by atoms with Gasteiger partial charge in [0.25, 0.3) is 0 Å². The van der Waals surface area contributed by atoms with Gasteiger partial charge in [0.05, 0.1) is 17.7 Å². The molecule has 0 bridgehead atoms. The number of fused-ring (bicyclic) bond motifs is 1. The first-order chi connectivity index (χ1) is 10.2. The number of rotatable bonds is 5. The van der Waals surface area contributed by atoms with E-state index in [1.54, 1.807) is 11.3 Å². The van der Waals surface area contributed by atoms with Crippen molar-refractivity contribution in [1.82, 2.24) is 9.88 Å². The molecule has 0 aliphatic rings. The Morgan fingerprint density at radius 3 is 2.81 bits per heavy atom. The molecule has 0 saturated carbocycles. The van der Waals surface area contributed by atoms with Gasteiger partial charge in [0, 0.05) is 28.9 Å². The van der Waals surface area contributed by atoms with Crippen LogP contribution in [0.2, 0.25) is 0 Å². The Hall–Kier alpha value is -1.69. The SMILES string of the molecule is Cc1ncsc1CN(C)Cc1oc2ccccc2c1CN. The third-order valence-electron chi connectivity index (χ3n) is 3.66. The van der Waals surface area contributed by atoms with Crippen LogP contribution in [0.15, 0.2) is 34.2 Å². The molecule has 21 heavy (non-hydrogen) atoms. The average molecular weight is 301 g/mol. The van der Waals surface area contributed by atoms with Crippen LogP contribution >= 0.6 is 11.3 Å². The Labute approximate surface area is 128 Å². The molecule has 2 N–H and O–H groups in total. The number of para-hydroxylation sites is 1. The molecular formula is C16H19N3OS. The fraction of sp³-hybridized carbons (Fsp3) is 0.312. The van der Waals surface area contributed by atoms with Crippen LogP contribution in [-0.2, 0) is 19.6 Å². The summed E-state index contributed by atoms with van der Waals surface area (Å²) in [5.41, 5.74) is 10.9. The smallest absolute Gasteiger partial charge is 0.134 e. The molecule has 0 radical (unpaired) electrons. The highest BCUT2D eigenvalue weighted by Gasteiger charge is 2.15. The molecule has 2 aromatic heterocycles. The molecule has 4 nitrogen and oxygen atoms in total. The van der Waals surface area contributed by atoms with E-state index in [9.17, 15) is 0 Å². The van der Waals surface area contributed by atoms with Gasteiger partial charge in [-0.2, -0.15) is 0 Å². The minimum atomic E-state index is 0.500. The van der Waals surface area contributed by atoms with Crippen LogP contribution in [0.3, 0.4) is 0 Å². The van der Waals surface area contributed by atoms with Gasteiger partial charge < -0.3 is 10.2 Å². The molecule has 0 saturated heterocycles. The maximum absolute atomic E-state index is 5.98. The molecule has 0 atom stereocenters. The van der Waals surface area contributed by atoms with E-state index in [2.05, 4.69) is 23.0 Å². The quantitative estimate of drug-likeness (QED) is 0.785. The van der Waals surface area contributed by atoms with Gasteiger partial charge in [0.1, 0.15) is 11.3 Å². The number of aromatic nitrogens is 1. The van der Waals surface area contributed by atoms with E-state index in [1.165, 1.54) is 4.88 Å². The van der Waals surface area contributed by atoms with E-state index in [0.29, 0.717) is 6.54 Å². The third-order valence-corrected chi connectivity index (χ3v) is 4.58. The van der Waals surface area contributed by atoms with E-state index in [1.807, 2.05) is 30.6 Å². The van der Waals surface area contributed by atoms with Gasteiger partial charge in [-0.25, -0.2) is 4.98 Å². The molecular weight excluding hydrogens is 282 g/mol. The standard InChI is InChI=1S/C16H19N3OS/c1-11-16(21-10-18-11)9-19(2)8-15-13(7-17)12-5-3-4-6-14(12)20-15/h3-6,10H,7-9,17H2,1-2H3. The van der Waals surface area contributed by atoms with Gasteiger partial charge in [-0.1, -0.05) is 18.2 Å². The summed E-state index contributed by atoms with van der Waals surface area (Å²) in [6.07, 6.45) is 0. The van der Waals surface area contributed by atoms with Crippen LogP contribution in [-0.4, -0.2) is 16.9 Å². The van der Waals surface area contributed by atoms with Crippen molar-refractivity contribution in [3.05, 3.63) is 51.7 Å². The second-order valence-corrected chi connectivity index (χ2v) is 6.18. The van der Waals surface area contributed by atoms with E-state index in [4.69, 9.17) is 10.2 Å². The zero-order valence-corrected chi connectivity index (χ0v) is 13.1. The first-order valence-corrected chi connectivity index (χ1v) is 7.84. The molecule has 0 aliphatic heterocycles. The number of nitrogens with zero attached hydrogens (tertiary/aromatic N) is 2. The summed E-state index contributed by atoms with van der Waals surface area (Å²) in [4.78, 5) is 7.82. The number of hydrogen-bond acceptors (Lipinski definition) is 5. The van der Waals surface area contributed by atoms with E-state index >= 15 is 0 Å². The Kier molecular flexibility index (Phi) is 4.05. The second-order valence-electron chi connectivity index (χ2n) is 5.24. The first-order valence-electron chi connectivity index (χ1n) is 6.96. The molecule has 2 heterocycles. The van der Waals surface area contributed by atoms with Crippen LogP contribution in [0.5, 0.6) is 0 Å². The summed E-state index contributed by atoms with van der Waals surface area (Å²) in [6, 6.07) is 8.06. The van der Waals surface area contributed by atoms with E-state index < -0.39 is 0 Å². The number of hydrogen-bond donors (Lipinski definition) is 1. The van der Waals surface area contributed by atoms with Crippen molar-refractivity contribution in [3.63, 3.8) is 0 Å². The first kappa shape index (κ1) is 14.3. The molecule has 0 spiro atoms. The minimum Gasteiger partial charge on any atom is -0.459 e. The Balaban J connectivity index is 1.82. The van der Waals surface area contributed by atoms with Gasteiger partial charge in [0.2, 0.25) is 0 Å². The van der Waals surface area contributed by atoms with Crippen LogP contribution in [0.25, 0.3) is 11.0 Å². The van der Waals surface area contributed by atoms with Crippen molar-refractivity contribution in [1.29, 1.82) is 0 Å². The number of thiazole rings is 1. The van der Waals surface area contributed by atoms with Crippen molar-refractivity contribution in [2.24, 2.45) is 5.73 Å². The maximum Gasteiger partial charge on any atom is 0.134 e. The van der Waals surface area contributed by atoms with Crippen LogP contribution in [0, 0.1) is 6.92 Å². The summed E-state index contributed by atoms with van der Waals surface area (Å²) >= 11 is 1.70. The van der Waals surface area contributed by atoms with Gasteiger partial charge >= 0.3 is 0 Å². The molecule has 0 unspecified atom stereocenters. The number of aryl methyl sites for hydroxylation is 1. The molecule has 1 aromatic carbocycles. The lowest BCUT2D eigenvalue weighted by Gasteiger charge is -2.15. The van der Waals surface area contributed by atoms with E-state index in [-0.39, 0.29) is 0 Å². The normalized spacial score (nSPS) is 11.6. The highest BCUT2D eigenvalue weighted by Crippen LogP contribution is 2.27. The highest BCUT2D eigenvalue weighted by atomic mass is 32.1. The predicted octanol–water partition coefficient (Wildman–Crippen LogP) is 3.29. The zero-order valence-electron chi connectivity index (χ0n) is 12.3. The topological polar surface area (TPSA) is 55.3 Å². The summed E-state index contributed by atoms with van der Waals surface area (Å²) in [5.74, 6) is 0.961. The van der Waals surface area contributed by atoms with Gasteiger partial charge in [-0.15, -0.1) is 11.3 Å². The average Bonchev–Trinajstić information content (AvgIpc) is 3.02. The summed E-state index contributed by atoms with van der Waals surface area (Å²) in [7, 11) is 2.09. The molecule has 5 heteroatoms. The fourth-order valence-corrected chi connectivity index (χ4v) is 3.38. The van der Waals surface area contributed by atoms with Gasteiger partial charge in [-0.05, 0) is 20.0 Å². The van der Waals surface area contributed by atoms with Crippen LogP contribution in [0.1, 0.15) is 21.9 Å². The lowest BCUT2D eigenvalue weighted by Crippen LogP contribution is -2.18. The van der Waals surface area contributed by atoms with Crippen molar-refractivity contribution in [2.45, 2.75) is 26.6 Å². The Morgan fingerprint density at radius 2 is 2.10 bits per heavy atom. The molecule has 110 valence electrons. The molecule has 3 aromatic rings. The van der Waals surface area contributed by atoms with Crippen molar-refractivity contribution in [3.8, 4) is 0 Å². The van der Waals surface area contributed by atoms with Gasteiger partial charge in [-0.3, -0.25) is 4.90 Å². The third kappa shape index (κ3) is 2.85. The fourth-order valence-electron chi connectivity index (χ4n) is 2.53. The molecule has 3 rings (SSSR count). The lowest BCUT2D eigenvalue weighted by molar-refractivity contribution is 0.292. The highest BCUT2D eigenvalue weighted by molar-refractivity contribution is 7.09. The second kappa shape index (κ2) is 5.97. The molecule has 0 amide bonds. The lowest BCUT2D eigenvalue weighted by atomic mass is 10.1. The van der Waals surface area contributed by atoms with Gasteiger partial charge in [0.15, 0.2) is 0 Å². The molecule has 0 aliphatic carbocycles. The Bertz CT molecular complexity index is 747. The summed E-state index contributed by atoms with van der Waals surface area (Å²) < 4.78 is 5.98. The summed E-state index contributed by atoms with van der Waals surface area (Å²) in [5, 5.41) is 1.12. The van der Waals surface area contributed by atoms with E-state index in [0.717, 1.165) is 41.1 Å². The minimum absolute atomic E-state index is 0.500. The van der Waals surface area contributed by atoms with Crippen LogP contribution in [0.4, 0.5) is 0 Å². The maximum atomic E-state index is 5.98. The van der Waals surface area contributed by atoms with Crippen molar-refractivity contribution >= 4 is 22.3 Å². The Morgan fingerprint density at radius 1 is 1.29 bits per heavy atom. The monoisotopic (exact) mass is 301 g/mol. The summed E-state index contributed by atoms with van der Waals surface area (Å²) in [6.45, 7) is 4.17.